The molecule has 0 unspecified atom stereocenters. The Morgan fingerprint density at radius 2 is 2.05 bits per heavy atom. The smallest absolute Gasteiger partial charge is 0.343 e. The highest BCUT2D eigenvalue weighted by atomic mass is 16.6. The van der Waals surface area contributed by atoms with E-state index in [-0.39, 0.29) is 18.6 Å². The molecular formula is C15H20N2O4. The van der Waals surface area contributed by atoms with Crippen molar-refractivity contribution < 1.29 is 19.1 Å². The van der Waals surface area contributed by atoms with Crippen molar-refractivity contribution in [1.82, 2.24) is 5.32 Å². The van der Waals surface area contributed by atoms with Crippen molar-refractivity contribution in [2.75, 3.05) is 25.6 Å². The van der Waals surface area contributed by atoms with Gasteiger partial charge in [-0.3, -0.25) is 4.79 Å². The second kappa shape index (κ2) is 7.64. The molecule has 1 fully saturated rings. The third kappa shape index (κ3) is 4.75. The van der Waals surface area contributed by atoms with Gasteiger partial charge in [0.15, 0.2) is 6.61 Å². The van der Waals surface area contributed by atoms with Crippen LogP contribution in [0.5, 0.6) is 5.75 Å². The van der Waals surface area contributed by atoms with E-state index in [0.717, 1.165) is 25.8 Å². The minimum absolute atomic E-state index is 0.0158. The van der Waals surface area contributed by atoms with Gasteiger partial charge in [-0.1, -0.05) is 6.42 Å². The van der Waals surface area contributed by atoms with Crippen molar-refractivity contribution in [3.8, 4) is 5.75 Å². The summed E-state index contributed by atoms with van der Waals surface area (Å²) in [6.07, 6.45) is 3.06. The van der Waals surface area contributed by atoms with Gasteiger partial charge < -0.3 is 20.1 Å². The summed E-state index contributed by atoms with van der Waals surface area (Å²) in [6, 6.07) is 6.77. The second-order valence-corrected chi connectivity index (χ2v) is 4.88. The van der Waals surface area contributed by atoms with Crippen LogP contribution in [0.3, 0.4) is 0 Å². The summed E-state index contributed by atoms with van der Waals surface area (Å²) in [5, 5.41) is 6.07. The topological polar surface area (TPSA) is 76.7 Å². The van der Waals surface area contributed by atoms with E-state index in [1.54, 1.807) is 24.3 Å². The molecule has 1 saturated heterocycles. The monoisotopic (exact) mass is 292 g/mol. The van der Waals surface area contributed by atoms with Crippen molar-refractivity contribution >= 4 is 17.6 Å². The number of rotatable bonds is 5. The summed E-state index contributed by atoms with van der Waals surface area (Å²) in [5.74, 6) is 0.0999. The quantitative estimate of drug-likeness (QED) is 0.800. The van der Waals surface area contributed by atoms with Crippen molar-refractivity contribution in [2.45, 2.75) is 25.3 Å². The van der Waals surface area contributed by atoms with Crippen LogP contribution < -0.4 is 15.4 Å². The molecule has 0 aliphatic carbocycles. The first-order chi connectivity index (χ1) is 10.2. The molecule has 0 radical (unpaired) electrons. The summed E-state index contributed by atoms with van der Waals surface area (Å²) >= 11 is 0. The van der Waals surface area contributed by atoms with E-state index in [1.807, 2.05) is 0 Å². The number of anilines is 1. The molecule has 0 saturated carbocycles. The van der Waals surface area contributed by atoms with Gasteiger partial charge in [0.1, 0.15) is 5.75 Å². The molecule has 114 valence electrons. The largest absolute Gasteiger partial charge is 0.482 e. The van der Waals surface area contributed by atoms with Crippen molar-refractivity contribution in [3.05, 3.63) is 24.3 Å². The first kappa shape index (κ1) is 15.3. The molecule has 1 aromatic rings. The second-order valence-electron chi connectivity index (χ2n) is 4.88. The Bertz CT molecular complexity index is 481. The zero-order valence-corrected chi connectivity index (χ0v) is 12.1. The number of ether oxygens (including phenoxy) is 2. The lowest BCUT2D eigenvalue weighted by atomic mass is 10.0. The average Bonchev–Trinajstić information content (AvgIpc) is 2.54. The van der Waals surface area contributed by atoms with E-state index in [1.165, 1.54) is 7.11 Å². The van der Waals surface area contributed by atoms with Crippen LogP contribution in [0, 0.1) is 0 Å². The number of nitrogens with one attached hydrogen (secondary N) is 2. The van der Waals surface area contributed by atoms with E-state index < -0.39 is 5.97 Å². The highest BCUT2D eigenvalue weighted by Gasteiger charge is 2.20. The maximum absolute atomic E-state index is 12.0. The SMILES string of the molecule is COC(=O)COc1ccc(NC(=O)[C@H]2CCCCN2)cc1. The number of hydrogen-bond donors (Lipinski definition) is 2. The van der Waals surface area contributed by atoms with Gasteiger partial charge in [0.2, 0.25) is 5.91 Å². The molecule has 1 aliphatic rings. The predicted molar refractivity (Wildman–Crippen MR) is 78.2 cm³/mol. The zero-order valence-electron chi connectivity index (χ0n) is 12.1. The van der Waals surface area contributed by atoms with E-state index in [2.05, 4.69) is 15.4 Å². The number of carbonyl (C=O) groups is 2. The molecule has 2 N–H and O–H groups in total. The fraction of sp³-hybridized carbons (Fsp3) is 0.467. The predicted octanol–water partition coefficient (Wildman–Crippen LogP) is 1.32. The molecule has 1 aliphatic heterocycles. The Morgan fingerprint density at radius 1 is 1.29 bits per heavy atom. The maximum Gasteiger partial charge on any atom is 0.343 e. The molecule has 6 heteroatoms. The number of hydrogen-bond acceptors (Lipinski definition) is 5. The molecule has 1 heterocycles. The van der Waals surface area contributed by atoms with Gasteiger partial charge >= 0.3 is 5.97 Å². The lowest BCUT2D eigenvalue weighted by molar-refractivity contribution is -0.142. The molecule has 1 atom stereocenters. The first-order valence-corrected chi connectivity index (χ1v) is 7.03. The van der Waals surface area contributed by atoms with Crippen LogP contribution >= 0.6 is 0 Å². The van der Waals surface area contributed by atoms with Gasteiger partial charge in [-0.25, -0.2) is 4.79 Å². The minimum Gasteiger partial charge on any atom is -0.482 e. The van der Waals surface area contributed by atoms with Crippen LogP contribution in [-0.4, -0.2) is 38.2 Å². The maximum atomic E-state index is 12.0. The van der Waals surface area contributed by atoms with E-state index in [0.29, 0.717) is 11.4 Å². The lowest BCUT2D eigenvalue weighted by Crippen LogP contribution is -2.43. The van der Waals surface area contributed by atoms with Crippen molar-refractivity contribution in [3.63, 3.8) is 0 Å². The summed E-state index contributed by atoms with van der Waals surface area (Å²) < 4.78 is 9.72. The number of methoxy groups -OCH3 is 1. The van der Waals surface area contributed by atoms with Crippen molar-refractivity contribution in [2.24, 2.45) is 0 Å². The third-order valence-electron chi connectivity index (χ3n) is 3.33. The molecule has 0 aromatic heterocycles. The van der Waals surface area contributed by atoms with Crippen LogP contribution in [0.25, 0.3) is 0 Å². The fourth-order valence-corrected chi connectivity index (χ4v) is 2.14. The summed E-state index contributed by atoms with van der Waals surface area (Å²) in [5.41, 5.74) is 0.706. The van der Waals surface area contributed by atoms with Crippen molar-refractivity contribution in [1.29, 1.82) is 0 Å². The molecule has 1 aromatic carbocycles. The number of esters is 1. The summed E-state index contributed by atoms with van der Waals surface area (Å²) in [7, 11) is 1.31. The zero-order chi connectivity index (χ0) is 15.1. The van der Waals surface area contributed by atoms with Gasteiger partial charge in [0.05, 0.1) is 13.2 Å². The van der Waals surface area contributed by atoms with Crippen LogP contribution in [0.15, 0.2) is 24.3 Å². The average molecular weight is 292 g/mol. The van der Waals surface area contributed by atoms with Gasteiger partial charge in [0.25, 0.3) is 0 Å². The van der Waals surface area contributed by atoms with E-state index in [4.69, 9.17) is 4.74 Å². The van der Waals surface area contributed by atoms with Gasteiger partial charge in [-0.15, -0.1) is 0 Å². The van der Waals surface area contributed by atoms with Crippen LogP contribution in [-0.2, 0) is 14.3 Å². The Labute approximate surface area is 123 Å². The summed E-state index contributed by atoms with van der Waals surface area (Å²) in [4.78, 5) is 23.0. The number of benzene rings is 1. The standard InChI is InChI=1S/C15H20N2O4/c1-20-14(18)10-21-12-7-5-11(6-8-12)17-15(19)13-4-2-3-9-16-13/h5-8,13,16H,2-4,9-10H2,1H3,(H,17,19)/t13-/m1/s1. The Hall–Kier alpha value is -2.08. The number of piperidine rings is 1. The molecular weight excluding hydrogens is 272 g/mol. The molecule has 0 bridgehead atoms. The van der Waals surface area contributed by atoms with Gasteiger partial charge in [-0.2, -0.15) is 0 Å². The molecule has 1 amide bonds. The van der Waals surface area contributed by atoms with E-state index >= 15 is 0 Å². The molecule has 21 heavy (non-hydrogen) atoms. The van der Waals surface area contributed by atoms with E-state index in [9.17, 15) is 9.59 Å². The lowest BCUT2D eigenvalue weighted by Gasteiger charge is -2.22. The van der Waals surface area contributed by atoms with Gasteiger partial charge in [-0.05, 0) is 43.7 Å². The minimum atomic E-state index is -0.434. The van der Waals surface area contributed by atoms with Crippen LogP contribution in [0.1, 0.15) is 19.3 Å². The summed E-state index contributed by atoms with van der Waals surface area (Å²) in [6.45, 7) is 0.757. The molecule has 6 nitrogen and oxygen atoms in total. The highest BCUT2D eigenvalue weighted by molar-refractivity contribution is 5.94. The number of amides is 1. The third-order valence-corrected chi connectivity index (χ3v) is 3.33. The first-order valence-electron chi connectivity index (χ1n) is 7.03. The Kier molecular flexibility index (Phi) is 5.57. The fourth-order valence-electron chi connectivity index (χ4n) is 2.14. The number of carbonyl (C=O) groups excluding carboxylic acids is 2. The molecule has 0 spiro atoms. The van der Waals surface area contributed by atoms with Crippen LogP contribution in [0.4, 0.5) is 5.69 Å². The normalized spacial score (nSPS) is 17.9. The molecule has 2 rings (SSSR count). The Balaban J connectivity index is 1.84. The highest BCUT2D eigenvalue weighted by Crippen LogP contribution is 2.17. The van der Waals surface area contributed by atoms with Crippen LogP contribution in [0.2, 0.25) is 0 Å². The van der Waals surface area contributed by atoms with Gasteiger partial charge in [0, 0.05) is 5.69 Å². The Morgan fingerprint density at radius 3 is 2.67 bits per heavy atom.